The van der Waals surface area contributed by atoms with Crippen LogP contribution in [0.15, 0.2) is 109 Å². The first-order valence-corrected chi connectivity index (χ1v) is 10.3. The molecule has 0 heterocycles. The fourth-order valence-electron chi connectivity index (χ4n) is 3.59. The van der Waals surface area contributed by atoms with Crippen LogP contribution in [0.4, 0.5) is 22.7 Å². The van der Waals surface area contributed by atoms with Gasteiger partial charge in [0.15, 0.2) is 0 Å². The summed E-state index contributed by atoms with van der Waals surface area (Å²) < 4.78 is 0. The van der Waals surface area contributed by atoms with Crippen molar-refractivity contribution < 1.29 is 0 Å². The molecule has 3 nitrogen and oxygen atoms in total. The number of anilines is 4. The predicted octanol–water partition coefficient (Wildman–Crippen LogP) is 6.26. The average molecular weight is 394 g/mol. The number of rotatable bonds is 8. The molecule has 0 unspecified atom stereocenters. The Morgan fingerprint density at radius 1 is 0.667 bits per heavy atom. The zero-order valence-electron chi connectivity index (χ0n) is 17.0. The highest BCUT2D eigenvalue weighted by molar-refractivity contribution is 5.78. The van der Waals surface area contributed by atoms with Gasteiger partial charge in [0, 0.05) is 24.5 Å². The van der Waals surface area contributed by atoms with Crippen molar-refractivity contribution in [2.75, 3.05) is 22.5 Å². The van der Waals surface area contributed by atoms with Crippen LogP contribution in [0.2, 0.25) is 0 Å². The molecule has 4 aromatic rings. The van der Waals surface area contributed by atoms with Crippen molar-refractivity contribution in [1.29, 1.82) is 0 Å². The summed E-state index contributed by atoms with van der Waals surface area (Å²) in [5, 5.41) is 3.47. The fraction of sp³-hybridized carbons (Fsp3) is 0.111. The van der Waals surface area contributed by atoms with E-state index in [2.05, 4.69) is 101 Å². The standard InChI is InChI=1S/C27H27N3/c28-26-20-24(29-21-23-12-6-2-7-13-23)16-17-27(26)30(25-14-8-3-9-15-25)19-18-22-10-4-1-5-11-22/h1-17,20,29H,18-19,21,28H2. The Morgan fingerprint density at radius 2 is 1.27 bits per heavy atom. The maximum atomic E-state index is 6.52. The minimum absolute atomic E-state index is 0.768. The molecule has 0 saturated heterocycles. The van der Waals surface area contributed by atoms with Gasteiger partial charge >= 0.3 is 0 Å². The third kappa shape index (κ3) is 5.00. The molecule has 4 aromatic carbocycles. The quantitative estimate of drug-likeness (QED) is 0.347. The third-order valence-electron chi connectivity index (χ3n) is 5.19. The van der Waals surface area contributed by atoms with E-state index in [9.17, 15) is 0 Å². The van der Waals surface area contributed by atoms with E-state index < -0.39 is 0 Å². The monoisotopic (exact) mass is 393 g/mol. The molecule has 0 saturated carbocycles. The number of para-hydroxylation sites is 1. The third-order valence-corrected chi connectivity index (χ3v) is 5.19. The number of nitrogens with one attached hydrogen (secondary N) is 1. The van der Waals surface area contributed by atoms with Crippen LogP contribution in [0.25, 0.3) is 0 Å². The zero-order chi connectivity index (χ0) is 20.6. The van der Waals surface area contributed by atoms with Crippen molar-refractivity contribution in [3.05, 3.63) is 120 Å². The Kier molecular flexibility index (Phi) is 6.31. The SMILES string of the molecule is Nc1cc(NCc2ccccc2)ccc1N(CCc1ccccc1)c1ccccc1. The largest absolute Gasteiger partial charge is 0.397 e. The molecular formula is C27H27N3. The molecule has 0 aliphatic heterocycles. The van der Waals surface area contributed by atoms with E-state index in [0.29, 0.717) is 0 Å². The minimum atomic E-state index is 0.768. The predicted molar refractivity (Wildman–Crippen MR) is 128 cm³/mol. The first-order chi connectivity index (χ1) is 14.8. The van der Waals surface area contributed by atoms with Gasteiger partial charge in [-0.2, -0.15) is 0 Å². The summed E-state index contributed by atoms with van der Waals surface area (Å²) in [5.74, 6) is 0. The lowest BCUT2D eigenvalue weighted by atomic mass is 10.1. The second-order valence-electron chi connectivity index (χ2n) is 7.34. The smallest absolute Gasteiger partial charge is 0.0646 e. The maximum absolute atomic E-state index is 6.52. The van der Waals surface area contributed by atoms with Gasteiger partial charge in [0.2, 0.25) is 0 Å². The summed E-state index contributed by atoms with van der Waals surface area (Å²) in [6, 6.07) is 37.6. The summed E-state index contributed by atoms with van der Waals surface area (Å²) in [4.78, 5) is 2.29. The molecule has 0 fully saturated rings. The van der Waals surface area contributed by atoms with E-state index >= 15 is 0 Å². The molecular weight excluding hydrogens is 366 g/mol. The lowest BCUT2D eigenvalue weighted by Crippen LogP contribution is -2.21. The molecule has 0 atom stereocenters. The molecule has 0 radical (unpaired) electrons. The van der Waals surface area contributed by atoms with Crippen LogP contribution in [-0.2, 0) is 13.0 Å². The molecule has 0 aromatic heterocycles. The number of hydrogen-bond donors (Lipinski definition) is 2. The second-order valence-corrected chi connectivity index (χ2v) is 7.34. The molecule has 0 bridgehead atoms. The molecule has 30 heavy (non-hydrogen) atoms. The number of hydrogen-bond acceptors (Lipinski definition) is 3. The average Bonchev–Trinajstić information content (AvgIpc) is 2.81. The zero-order valence-corrected chi connectivity index (χ0v) is 17.0. The highest BCUT2D eigenvalue weighted by atomic mass is 15.1. The maximum Gasteiger partial charge on any atom is 0.0646 e. The second kappa shape index (κ2) is 9.66. The van der Waals surface area contributed by atoms with Gasteiger partial charge in [0.1, 0.15) is 0 Å². The van der Waals surface area contributed by atoms with Crippen LogP contribution in [0.5, 0.6) is 0 Å². The Morgan fingerprint density at radius 3 is 1.90 bits per heavy atom. The Bertz CT molecular complexity index is 1050. The molecule has 3 heteroatoms. The summed E-state index contributed by atoms with van der Waals surface area (Å²) in [7, 11) is 0. The first kappa shape index (κ1) is 19.6. The Balaban J connectivity index is 1.53. The number of nitrogens with two attached hydrogens (primary N) is 1. The van der Waals surface area contributed by atoms with Crippen LogP contribution in [0, 0.1) is 0 Å². The van der Waals surface area contributed by atoms with Gasteiger partial charge in [-0.05, 0) is 47.9 Å². The van der Waals surface area contributed by atoms with E-state index in [1.165, 1.54) is 11.1 Å². The fourth-order valence-corrected chi connectivity index (χ4v) is 3.59. The Labute approximate surface area is 178 Å². The van der Waals surface area contributed by atoms with Crippen LogP contribution in [-0.4, -0.2) is 6.54 Å². The highest BCUT2D eigenvalue weighted by Crippen LogP contribution is 2.32. The van der Waals surface area contributed by atoms with E-state index in [1.807, 2.05) is 18.2 Å². The molecule has 4 rings (SSSR count). The van der Waals surface area contributed by atoms with Crippen molar-refractivity contribution in [3.8, 4) is 0 Å². The molecule has 0 aliphatic carbocycles. The van der Waals surface area contributed by atoms with Crippen molar-refractivity contribution in [3.63, 3.8) is 0 Å². The number of nitrogens with zero attached hydrogens (tertiary/aromatic N) is 1. The van der Waals surface area contributed by atoms with Crippen molar-refractivity contribution in [1.82, 2.24) is 0 Å². The van der Waals surface area contributed by atoms with E-state index in [1.54, 1.807) is 0 Å². The van der Waals surface area contributed by atoms with E-state index in [0.717, 1.165) is 42.3 Å². The number of benzene rings is 4. The summed E-state index contributed by atoms with van der Waals surface area (Å²) in [6.45, 7) is 1.63. The van der Waals surface area contributed by atoms with Crippen LogP contribution < -0.4 is 16.0 Å². The number of nitrogen functional groups attached to an aromatic ring is 1. The molecule has 0 spiro atoms. The van der Waals surface area contributed by atoms with Crippen LogP contribution in [0.1, 0.15) is 11.1 Å². The lowest BCUT2D eigenvalue weighted by Gasteiger charge is -2.27. The molecule has 3 N–H and O–H groups in total. The summed E-state index contributed by atoms with van der Waals surface area (Å²) >= 11 is 0. The first-order valence-electron chi connectivity index (χ1n) is 10.3. The van der Waals surface area contributed by atoms with Gasteiger partial charge in [-0.1, -0.05) is 78.9 Å². The van der Waals surface area contributed by atoms with Gasteiger partial charge in [-0.15, -0.1) is 0 Å². The van der Waals surface area contributed by atoms with Gasteiger partial charge < -0.3 is 16.0 Å². The summed E-state index contributed by atoms with van der Waals surface area (Å²) in [6.07, 6.45) is 0.948. The van der Waals surface area contributed by atoms with Gasteiger partial charge in [-0.25, -0.2) is 0 Å². The highest BCUT2D eigenvalue weighted by Gasteiger charge is 2.13. The summed E-state index contributed by atoms with van der Waals surface area (Å²) in [5.41, 5.74) is 13.0. The molecule has 0 aliphatic rings. The topological polar surface area (TPSA) is 41.3 Å². The van der Waals surface area contributed by atoms with Crippen molar-refractivity contribution in [2.45, 2.75) is 13.0 Å². The van der Waals surface area contributed by atoms with E-state index in [4.69, 9.17) is 5.73 Å². The minimum Gasteiger partial charge on any atom is -0.397 e. The van der Waals surface area contributed by atoms with Gasteiger partial charge in [0.25, 0.3) is 0 Å². The van der Waals surface area contributed by atoms with Crippen LogP contribution in [0.3, 0.4) is 0 Å². The van der Waals surface area contributed by atoms with Crippen LogP contribution >= 0.6 is 0 Å². The van der Waals surface area contributed by atoms with Crippen molar-refractivity contribution in [2.24, 2.45) is 0 Å². The van der Waals surface area contributed by atoms with Crippen molar-refractivity contribution >= 4 is 22.7 Å². The van der Waals surface area contributed by atoms with Gasteiger partial charge in [0.05, 0.1) is 11.4 Å². The lowest BCUT2D eigenvalue weighted by molar-refractivity contribution is 0.915. The normalized spacial score (nSPS) is 10.5. The molecule has 0 amide bonds. The Hall–Kier alpha value is -3.72. The molecule has 150 valence electrons. The van der Waals surface area contributed by atoms with E-state index in [-0.39, 0.29) is 0 Å². The van der Waals surface area contributed by atoms with Gasteiger partial charge in [-0.3, -0.25) is 0 Å².